The Bertz CT molecular complexity index is 2280. The van der Waals surface area contributed by atoms with E-state index in [4.69, 9.17) is 12.8 Å². The minimum atomic E-state index is 1.87. The van der Waals surface area contributed by atoms with Crippen molar-refractivity contribution in [2.24, 2.45) is 0 Å². The summed E-state index contributed by atoms with van der Waals surface area (Å²) in [5, 5.41) is 0. The van der Waals surface area contributed by atoms with Gasteiger partial charge < -0.3 is 12.8 Å². The molecule has 0 saturated heterocycles. The highest BCUT2D eigenvalue weighted by molar-refractivity contribution is 5.50. The highest BCUT2D eigenvalue weighted by atomic mass is 13.6. The Balaban J connectivity index is 4.53. The lowest BCUT2D eigenvalue weighted by Crippen LogP contribution is -1.57. The molecule has 0 aliphatic heterocycles. The first-order valence-corrected chi connectivity index (χ1v) is 10.2. The Labute approximate surface area is 249 Å². The van der Waals surface area contributed by atoms with E-state index >= 15 is 0 Å². The third-order valence-electron chi connectivity index (χ3n) is 2.44. The van der Waals surface area contributed by atoms with E-state index in [2.05, 4.69) is 225 Å². The van der Waals surface area contributed by atoms with Gasteiger partial charge in [0.1, 0.15) is 0 Å². The molecule has 0 heterocycles. The van der Waals surface area contributed by atoms with E-state index in [0.29, 0.717) is 0 Å². The van der Waals surface area contributed by atoms with Crippen molar-refractivity contribution in [1.29, 1.82) is 0 Å². The Morgan fingerprint density at radius 1 is 0.119 bits per heavy atom. The van der Waals surface area contributed by atoms with Gasteiger partial charge in [0.2, 0.25) is 0 Å². The Morgan fingerprint density at radius 3 is 0.262 bits per heavy atom. The monoisotopic (exact) mass is 504 g/mol. The van der Waals surface area contributed by atoms with Crippen LogP contribution in [-0.2, 0) is 0 Å². The Kier molecular flexibility index (Phi) is 24.8. The van der Waals surface area contributed by atoms with Gasteiger partial charge in [-0.1, -0.05) is 0 Å². The number of hydrogen-bond acceptors (Lipinski definition) is 0. The molecule has 0 spiro atoms. The van der Waals surface area contributed by atoms with Crippen LogP contribution in [0.2, 0.25) is 0 Å². The van der Waals surface area contributed by atoms with E-state index in [0.717, 1.165) is 0 Å². The zero-order valence-corrected chi connectivity index (χ0v) is 21.0. The van der Waals surface area contributed by atoms with Gasteiger partial charge in [0.15, 0.2) is 0 Å². The van der Waals surface area contributed by atoms with Crippen LogP contribution in [-0.4, -0.2) is 0 Å². The van der Waals surface area contributed by atoms with Gasteiger partial charge in [-0.3, -0.25) is 11.8 Å². The van der Waals surface area contributed by atoms with Crippen LogP contribution in [0.5, 0.6) is 0 Å². The largest absolute Gasteiger partial charge is 0.358 e. The molecule has 170 valence electrons. The summed E-state index contributed by atoms with van der Waals surface area (Å²) < 4.78 is 0. The molecular weight excluding hydrogens is 504 g/mol. The van der Waals surface area contributed by atoms with E-state index in [1.54, 1.807) is 0 Å². The van der Waals surface area contributed by atoms with E-state index in [1.807, 2.05) is 11.8 Å². The van der Waals surface area contributed by atoms with Crippen LogP contribution in [0.3, 0.4) is 0 Å². The first-order chi connectivity index (χ1) is 20.9. The molecule has 0 rings (SSSR count). The summed E-state index contributed by atoms with van der Waals surface area (Å²) in [7, 11) is 0. The van der Waals surface area contributed by atoms with Crippen LogP contribution in [0, 0.1) is 250 Å². The minimum absolute atomic E-state index is 1.87. The van der Waals surface area contributed by atoms with Crippen molar-refractivity contribution in [3.63, 3.8) is 0 Å². The molecule has 0 radical (unpaired) electrons. The van der Waals surface area contributed by atoms with Crippen molar-refractivity contribution in [2.75, 3.05) is 0 Å². The average molecular weight is 504 g/mol. The second-order valence-electron chi connectivity index (χ2n) is 5.00. The van der Waals surface area contributed by atoms with Gasteiger partial charge in [-0.25, -0.2) is 11.8 Å². The van der Waals surface area contributed by atoms with Gasteiger partial charge in [0.25, 0.3) is 0 Å². The van der Waals surface area contributed by atoms with Crippen LogP contribution < -0.4 is 0 Å². The first-order valence-electron chi connectivity index (χ1n) is 10.2. The fourth-order valence-corrected chi connectivity index (χ4v) is 1.19. The van der Waals surface area contributed by atoms with E-state index in [9.17, 15) is 0 Å². The normalized spacial score (nSPS) is 3.86. The lowest BCUT2D eigenvalue weighted by molar-refractivity contribution is 2.32. The van der Waals surface area contributed by atoms with Crippen LogP contribution in [0.1, 0.15) is 0 Å². The van der Waals surface area contributed by atoms with Crippen molar-refractivity contribution in [2.45, 2.75) is 0 Å². The molecule has 0 saturated carbocycles. The topological polar surface area (TPSA) is 0 Å². The molecule has 0 unspecified atom stereocenters. The number of rotatable bonds is 0. The molecular formula is C42-2. The van der Waals surface area contributed by atoms with E-state index in [-0.39, 0.29) is 0 Å². The SMILES string of the molecule is [C-]#CC#CC#CC#CC#CC#CC#CC#CC#CC#CC#CC#CC#CC#CC#CC#CC#CC#CC#CC#CC#[C-]. The van der Waals surface area contributed by atoms with Crippen LogP contribution in [0.25, 0.3) is 0 Å². The predicted octanol–water partition coefficient (Wildman–Crippen LogP) is 0.231. The highest BCUT2D eigenvalue weighted by Gasteiger charge is 1.60. The van der Waals surface area contributed by atoms with Crippen molar-refractivity contribution in [1.82, 2.24) is 0 Å². The minimum Gasteiger partial charge on any atom is -0.358 e. The molecule has 42 heavy (non-hydrogen) atoms. The van der Waals surface area contributed by atoms with Gasteiger partial charge in [0.05, 0.1) is 0 Å². The van der Waals surface area contributed by atoms with Crippen molar-refractivity contribution in [3.8, 4) is 237 Å². The molecule has 0 N–H and O–H groups in total. The quantitative estimate of drug-likeness (QED) is 0.328. The maximum Gasteiger partial charge on any atom is 0 e. The molecule has 0 fully saturated rings. The first kappa shape index (κ1) is 32.8. The van der Waals surface area contributed by atoms with Gasteiger partial charge in [-0.05, 0) is 94.7 Å². The van der Waals surface area contributed by atoms with E-state index < -0.39 is 0 Å². The van der Waals surface area contributed by atoms with Crippen LogP contribution >= 0.6 is 0 Å². The molecule has 0 bridgehead atoms. The zero-order chi connectivity index (χ0) is 30.3. The lowest BCUT2D eigenvalue weighted by Gasteiger charge is -1.63. The summed E-state index contributed by atoms with van der Waals surface area (Å²) in [5.41, 5.74) is 0. The van der Waals surface area contributed by atoms with E-state index in [1.165, 1.54) is 0 Å². The van der Waals surface area contributed by atoms with Gasteiger partial charge in [-0.2, -0.15) is 0 Å². The summed E-state index contributed by atoms with van der Waals surface area (Å²) in [4.78, 5) is 0. The second-order valence-corrected chi connectivity index (χ2v) is 5.00. The molecule has 0 amide bonds. The summed E-state index contributed by atoms with van der Waals surface area (Å²) in [6.45, 7) is 0. The third kappa shape index (κ3) is 30.8. The average Bonchev–Trinajstić information content (AvgIpc) is 3.00. The lowest BCUT2D eigenvalue weighted by atomic mass is 10.4. The maximum atomic E-state index is 6.55. The molecule has 0 aromatic rings. The molecule has 0 aromatic carbocycles. The molecule has 0 aliphatic carbocycles. The second kappa shape index (κ2) is 31.8. The Hall–Kier alpha value is -9.24. The maximum absolute atomic E-state index is 6.55. The Morgan fingerprint density at radius 2 is 0.190 bits per heavy atom. The van der Waals surface area contributed by atoms with Crippen molar-refractivity contribution < 1.29 is 0 Å². The smallest absolute Gasteiger partial charge is 0 e. The summed E-state index contributed by atoms with van der Waals surface area (Å²) in [6, 6.07) is 0. The predicted molar refractivity (Wildman–Crippen MR) is 162 cm³/mol. The van der Waals surface area contributed by atoms with Gasteiger partial charge in [0, 0.05) is 107 Å². The van der Waals surface area contributed by atoms with Gasteiger partial charge in [-0.15, -0.1) is 11.8 Å². The van der Waals surface area contributed by atoms with Crippen molar-refractivity contribution in [3.05, 3.63) is 12.8 Å². The summed E-state index contributed by atoms with van der Waals surface area (Å²) in [6.07, 6.45) is 13.1. The third-order valence-corrected chi connectivity index (χ3v) is 2.44. The summed E-state index contributed by atoms with van der Waals surface area (Å²) >= 11 is 0. The standard InChI is InChI=1S/C42/c1-3-5-7-9-11-13-15-17-19-21-23-25-27-29-31-33-35-37-39-41-42-40-38-36-34-32-30-28-26-24-22-20-18-16-14-12-10-8-6-4-2/q-2. The molecule has 0 nitrogen and oxygen atoms in total. The molecule has 0 aliphatic rings. The molecule has 0 atom stereocenters. The molecule has 0 heteroatoms. The highest BCUT2D eigenvalue weighted by Crippen LogP contribution is 1.61. The molecule has 0 aromatic heterocycles. The van der Waals surface area contributed by atoms with Crippen LogP contribution in [0.4, 0.5) is 0 Å². The fraction of sp³-hybridized carbons (Fsp3) is 0. The van der Waals surface area contributed by atoms with Gasteiger partial charge >= 0.3 is 0 Å². The van der Waals surface area contributed by atoms with Crippen molar-refractivity contribution >= 4 is 0 Å². The summed E-state index contributed by atoms with van der Waals surface area (Å²) in [5.74, 6) is 96.9. The number of hydrogen-bond donors (Lipinski definition) is 0. The zero-order valence-electron chi connectivity index (χ0n) is 21.0. The fourth-order valence-electron chi connectivity index (χ4n) is 1.19. The van der Waals surface area contributed by atoms with Crippen LogP contribution in [0.15, 0.2) is 0 Å².